The molecule has 0 fully saturated rings. The molecular formula is C17H21ClO3. The van der Waals surface area contributed by atoms with Crippen molar-refractivity contribution in [3.8, 4) is 0 Å². The van der Waals surface area contributed by atoms with Crippen LogP contribution in [0.3, 0.4) is 0 Å². The summed E-state index contributed by atoms with van der Waals surface area (Å²) in [5.41, 5.74) is 2.06. The summed E-state index contributed by atoms with van der Waals surface area (Å²) >= 11 is 6.27. The van der Waals surface area contributed by atoms with Crippen molar-refractivity contribution in [1.29, 1.82) is 0 Å². The predicted octanol–water partition coefficient (Wildman–Crippen LogP) is 2.88. The molecule has 21 heavy (non-hydrogen) atoms. The van der Waals surface area contributed by atoms with E-state index < -0.39 is 6.10 Å². The lowest BCUT2D eigenvalue weighted by Crippen LogP contribution is -2.15. The average molecular weight is 309 g/mol. The van der Waals surface area contributed by atoms with Crippen LogP contribution in [0.15, 0.2) is 42.2 Å². The van der Waals surface area contributed by atoms with Crippen molar-refractivity contribution in [3.63, 3.8) is 0 Å². The molecule has 3 nitrogen and oxygen atoms in total. The summed E-state index contributed by atoms with van der Waals surface area (Å²) < 4.78 is 5.19. The minimum absolute atomic E-state index is 0.228. The third-order valence-electron chi connectivity index (χ3n) is 3.66. The van der Waals surface area contributed by atoms with Crippen LogP contribution in [0.5, 0.6) is 0 Å². The molecule has 2 rings (SSSR count). The fraction of sp³-hybridized carbons (Fsp3) is 0.412. The van der Waals surface area contributed by atoms with E-state index in [0.717, 1.165) is 34.8 Å². The maximum atomic E-state index is 9.53. The third-order valence-corrected chi connectivity index (χ3v) is 4.03. The van der Waals surface area contributed by atoms with Crippen LogP contribution in [-0.4, -0.2) is 30.0 Å². The van der Waals surface area contributed by atoms with E-state index in [1.165, 1.54) is 0 Å². The molecule has 1 unspecified atom stereocenters. The second kappa shape index (κ2) is 7.64. The highest BCUT2D eigenvalue weighted by atomic mass is 35.5. The molecule has 0 saturated carbocycles. The van der Waals surface area contributed by atoms with Crippen molar-refractivity contribution in [3.05, 3.63) is 58.3 Å². The maximum absolute atomic E-state index is 9.53. The molecule has 0 saturated heterocycles. The Balaban J connectivity index is 2.04. The molecule has 4 heteroatoms. The Morgan fingerprint density at radius 3 is 2.86 bits per heavy atom. The van der Waals surface area contributed by atoms with E-state index in [0.29, 0.717) is 12.3 Å². The minimum Gasteiger partial charge on any atom is -0.497 e. The highest BCUT2D eigenvalue weighted by Crippen LogP contribution is 2.26. The van der Waals surface area contributed by atoms with Gasteiger partial charge in [-0.25, -0.2) is 0 Å². The van der Waals surface area contributed by atoms with Gasteiger partial charge in [-0.3, -0.25) is 0 Å². The molecule has 0 heterocycles. The Bertz CT molecular complexity index is 537. The molecule has 114 valence electrons. The fourth-order valence-electron chi connectivity index (χ4n) is 2.48. The summed E-state index contributed by atoms with van der Waals surface area (Å²) in [4.78, 5) is 0. The van der Waals surface area contributed by atoms with Gasteiger partial charge in [0.15, 0.2) is 0 Å². The van der Waals surface area contributed by atoms with Gasteiger partial charge in [-0.15, -0.1) is 0 Å². The van der Waals surface area contributed by atoms with Crippen molar-refractivity contribution in [2.45, 2.75) is 25.4 Å². The molecule has 0 bridgehead atoms. The largest absolute Gasteiger partial charge is 0.497 e. The number of methoxy groups -OCH3 is 1. The van der Waals surface area contributed by atoms with Gasteiger partial charge in [0, 0.05) is 11.4 Å². The fourth-order valence-corrected chi connectivity index (χ4v) is 2.67. The van der Waals surface area contributed by atoms with Crippen LogP contribution in [0.25, 0.3) is 0 Å². The van der Waals surface area contributed by atoms with E-state index >= 15 is 0 Å². The number of ether oxygens (including phenoxy) is 1. The SMILES string of the molecule is COC1=CCC(Cc2cc(C[C@H](O)CO)ccc2Cl)C=C1. The molecule has 0 radical (unpaired) electrons. The highest BCUT2D eigenvalue weighted by Gasteiger charge is 2.13. The number of halogens is 1. The Hall–Kier alpha value is -1.29. The number of allylic oxidation sites excluding steroid dienone is 3. The predicted molar refractivity (Wildman–Crippen MR) is 84.3 cm³/mol. The monoisotopic (exact) mass is 308 g/mol. The molecule has 0 spiro atoms. The van der Waals surface area contributed by atoms with Crippen molar-refractivity contribution < 1.29 is 14.9 Å². The van der Waals surface area contributed by atoms with E-state index in [-0.39, 0.29) is 6.61 Å². The molecule has 2 N–H and O–H groups in total. The average Bonchev–Trinajstić information content (AvgIpc) is 2.51. The number of aliphatic hydroxyl groups excluding tert-OH is 2. The quantitative estimate of drug-likeness (QED) is 0.849. The van der Waals surface area contributed by atoms with E-state index in [1.807, 2.05) is 24.3 Å². The lowest BCUT2D eigenvalue weighted by molar-refractivity contribution is 0.0955. The third kappa shape index (κ3) is 4.60. The number of hydrogen-bond acceptors (Lipinski definition) is 3. The van der Waals surface area contributed by atoms with Crippen molar-refractivity contribution in [2.75, 3.05) is 13.7 Å². The first-order valence-electron chi connectivity index (χ1n) is 7.11. The Kier molecular flexibility index (Phi) is 5.85. The van der Waals surface area contributed by atoms with Gasteiger partial charge in [0.25, 0.3) is 0 Å². The molecule has 1 aliphatic rings. The number of aliphatic hydroxyl groups is 2. The van der Waals surface area contributed by atoms with Gasteiger partial charge < -0.3 is 14.9 Å². The van der Waals surface area contributed by atoms with Gasteiger partial charge >= 0.3 is 0 Å². The van der Waals surface area contributed by atoms with Crippen LogP contribution in [0.4, 0.5) is 0 Å². The van der Waals surface area contributed by atoms with Crippen molar-refractivity contribution in [2.24, 2.45) is 5.92 Å². The maximum Gasteiger partial charge on any atom is 0.114 e. The van der Waals surface area contributed by atoms with Crippen LogP contribution < -0.4 is 0 Å². The summed E-state index contributed by atoms with van der Waals surface area (Å²) in [6.45, 7) is -0.228. The molecule has 1 aliphatic carbocycles. The summed E-state index contributed by atoms with van der Waals surface area (Å²) in [5.74, 6) is 1.30. The molecule has 0 amide bonds. The van der Waals surface area contributed by atoms with Crippen LogP contribution in [-0.2, 0) is 17.6 Å². The number of hydrogen-bond donors (Lipinski definition) is 2. The lowest BCUT2D eigenvalue weighted by atomic mass is 9.91. The second-order valence-corrected chi connectivity index (χ2v) is 5.74. The van der Waals surface area contributed by atoms with Gasteiger partial charge in [0.05, 0.1) is 19.8 Å². The Labute approximate surface area is 130 Å². The molecule has 0 aliphatic heterocycles. The Morgan fingerprint density at radius 1 is 1.43 bits per heavy atom. The molecule has 0 aromatic heterocycles. The molecular weight excluding hydrogens is 288 g/mol. The second-order valence-electron chi connectivity index (χ2n) is 5.34. The van der Waals surface area contributed by atoms with Gasteiger partial charge in [0.2, 0.25) is 0 Å². The molecule has 1 aromatic carbocycles. The number of benzene rings is 1. The van der Waals surface area contributed by atoms with Gasteiger partial charge in [-0.1, -0.05) is 29.8 Å². The van der Waals surface area contributed by atoms with Crippen LogP contribution in [0, 0.1) is 5.92 Å². The van der Waals surface area contributed by atoms with Gasteiger partial charge in [-0.05, 0) is 48.1 Å². The van der Waals surface area contributed by atoms with E-state index in [9.17, 15) is 5.11 Å². The van der Waals surface area contributed by atoms with E-state index in [2.05, 4.69) is 12.2 Å². The summed E-state index contributed by atoms with van der Waals surface area (Å²) in [6.07, 6.45) is 7.71. The Morgan fingerprint density at radius 2 is 2.24 bits per heavy atom. The van der Waals surface area contributed by atoms with E-state index in [4.69, 9.17) is 21.4 Å². The first kappa shape index (κ1) is 16.1. The van der Waals surface area contributed by atoms with Crippen molar-refractivity contribution >= 4 is 11.6 Å². The van der Waals surface area contributed by atoms with Gasteiger partial charge in [-0.2, -0.15) is 0 Å². The highest BCUT2D eigenvalue weighted by molar-refractivity contribution is 6.31. The molecule has 1 aromatic rings. The van der Waals surface area contributed by atoms with Crippen LogP contribution >= 0.6 is 11.6 Å². The molecule has 2 atom stereocenters. The normalized spacial score (nSPS) is 19.2. The van der Waals surface area contributed by atoms with Crippen LogP contribution in [0.1, 0.15) is 17.5 Å². The zero-order chi connectivity index (χ0) is 15.2. The zero-order valence-corrected chi connectivity index (χ0v) is 12.9. The number of rotatable bonds is 6. The van der Waals surface area contributed by atoms with Crippen molar-refractivity contribution in [1.82, 2.24) is 0 Å². The first-order valence-corrected chi connectivity index (χ1v) is 7.48. The van der Waals surface area contributed by atoms with E-state index in [1.54, 1.807) is 7.11 Å². The summed E-state index contributed by atoms with van der Waals surface area (Å²) in [7, 11) is 1.67. The lowest BCUT2D eigenvalue weighted by Gasteiger charge is -2.17. The van der Waals surface area contributed by atoms with Gasteiger partial charge in [0.1, 0.15) is 5.76 Å². The smallest absolute Gasteiger partial charge is 0.114 e. The standard InChI is InChI=1S/C17H21ClO3/c1-21-16-5-2-12(3-6-16)8-14-9-13(4-7-17(14)18)10-15(20)11-19/h2,4-7,9,12,15,19-20H,3,8,10-11H2,1H3/t12?,15-/m0/s1. The summed E-state index contributed by atoms with van der Waals surface area (Å²) in [6, 6.07) is 5.77. The first-order chi connectivity index (χ1) is 10.1. The topological polar surface area (TPSA) is 49.7 Å². The summed E-state index contributed by atoms with van der Waals surface area (Å²) in [5, 5.41) is 19.2. The minimum atomic E-state index is -0.721. The zero-order valence-electron chi connectivity index (χ0n) is 12.1. The van der Waals surface area contributed by atoms with Crippen LogP contribution in [0.2, 0.25) is 5.02 Å².